The fraction of sp³-hybridized carbons (Fsp3) is 0.353. The lowest BCUT2D eigenvalue weighted by atomic mass is 10.0. The molecule has 1 atom stereocenters. The molecule has 2 aromatic heterocycles. The number of hydrogen-bond acceptors (Lipinski definition) is 7. The Bertz CT molecular complexity index is 1640. The van der Waals surface area contributed by atoms with Crippen molar-refractivity contribution < 1.29 is 19.1 Å². The van der Waals surface area contributed by atoms with Gasteiger partial charge in [0.2, 0.25) is 11.8 Å². The van der Waals surface area contributed by atoms with E-state index in [0.29, 0.717) is 55.4 Å². The Kier molecular flexibility index (Phi) is 10.2. The van der Waals surface area contributed by atoms with E-state index in [0.717, 1.165) is 17.0 Å². The highest BCUT2D eigenvalue weighted by atomic mass is 16.5. The van der Waals surface area contributed by atoms with Gasteiger partial charge in [-0.1, -0.05) is 56.3 Å². The highest BCUT2D eigenvalue weighted by molar-refractivity contribution is 6.01. The first-order chi connectivity index (χ1) is 21.8. The van der Waals surface area contributed by atoms with Gasteiger partial charge in [-0.25, -0.2) is 15.0 Å². The molecule has 2 aromatic carbocycles. The Labute approximate surface area is 263 Å². The number of hydrogen-bond donors (Lipinski definition) is 2. The molecule has 0 unspecified atom stereocenters. The van der Waals surface area contributed by atoms with E-state index in [9.17, 15) is 14.4 Å². The number of nitrogens with zero attached hydrogens (tertiary/aromatic N) is 5. The van der Waals surface area contributed by atoms with Crippen LogP contribution in [0.15, 0.2) is 73.2 Å². The lowest BCUT2D eigenvalue weighted by Gasteiger charge is -2.26. The molecule has 0 saturated carbocycles. The lowest BCUT2D eigenvalue weighted by molar-refractivity contribution is -0.129. The smallest absolute Gasteiger partial charge is 0.258 e. The van der Waals surface area contributed by atoms with Crippen molar-refractivity contribution in [3.63, 3.8) is 0 Å². The first-order valence-electron chi connectivity index (χ1n) is 15.3. The number of carbonyl (C=O) groups is 3. The molecule has 1 aliphatic rings. The molecule has 0 radical (unpaired) electrons. The summed E-state index contributed by atoms with van der Waals surface area (Å²) in [6.07, 6.45) is 6.02. The van der Waals surface area contributed by atoms with Gasteiger partial charge in [0, 0.05) is 49.4 Å². The maximum Gasteiger partial charge on any atom is 0.258 e. The van der Waals surface area contributed by atoms with Gasteiger partial charge in [-0.15, -0.1) is 0 Å². The fourth-order valence-corrected chi connectivity index (χ4v) is 5.32. The molecule has 3 heterocycles. The first kappa shape index (κ1) is 31.4. The Morgan fingerprint density at radius 2 is 1.84 bits per heavy atom. The van der Waals surface area contributed by atoms with Crippen molar-refractivity contribution in [3.05, 3.63) is 84.6 Å². The van der Waals surface area contributed by atoms with Gasteiger partial charge < -0.3 is 24.8 Å². The summed E-state index contributed by atoms with van der Waals surface area (Å²) >= 11 is 0. The van der Waals surface area contributed by atoms with E-state index in [1.165, 1.54) is 11.1 Å². The summed E-state index contributed by atoms with van der Waals surface area (Å²) in [7, 11) is 0. The number of ether oxygens (including phenoxy) is 1. The predicted octanol–water partition coefficient (Wildman–Crippen LogP) is 3.89. The van der Waals surface area contributed by atoms with E-state index < -0.39 is 11.9 Å². The highest BCUT2D eigenvalue weighted by Gasteiger charge is 2.27. The Balaban J connectivity index is 1.44. The quantitative estimate of drug-likeness (QED) is 0.359. The van der Waals surface area contributed by atoms with Crippen LogP contribution in [-0.2, 0) is 16.1 Å². The van der Waals surface area contributed by atoms with Gasteiger partial charge in [-0.05, 0) is 37.8 Å². The van der Waals surface area contributed by atoms with Crippen LogP contribution in [0.3, 0.4) is 0 Å². The molecule has 45 heavy (non-hydrogen) atoms. The number of carbonyl (C=O) groups excluding carboxylic acids is 3. The summed E-state index contributed by atoms with van der Waals surface area (Å²) in [6.45, 7) is 6.92. The monoisotopic (exact) mass is 609 g/mol. The molecule has 5 rings (SSSR count). The molecule has 3 amide bonds. The second-order valence-corrected chi connectivity index (χ2v) is 11.5. The van der Waals surface area contributed by atoms with Crippen LogP contribution in [-0.4, -0.2) is 74.4 Å². The van der Waals surface area contributed by atoms with Crippen molar-refractivity contribution >= 4 is 17.7 Å². The molecule has 2 bridgehead atoms. The van der Waals surface area contributed by atoms with Crippen LogP contribution in [0.2, 0.25) is 0 Å². The molecule has 11 heteroatoms. The zero-order chi connectivity index (χ0) is 31.8. The first-order valence-corrected chi connectivity index (χ1v) is 15.3. The maximum absolute atomic E-state index is 14.1. The third kappa shape index (κ3) is 8.11. The second-order valence-electron chi connectivity index (χ2n) is 11.5. The number of aryl methyl sites for hydroxylation is 1. The molecule has 0 spiro atoms. The summed E-state index contributed by atoms with van der Waals surface area (Å²) in [6, 6.07) is 16.3. The van der Waals surface area contributed by atoms with Crippen molar-refractivity contribution in [1.29, 1.82) is 0 Å². The van der Waals surface area contributed by atoms with Gasteiger partial charge in [-0.3, -0.25) is 14.4 Å². The largest absolute Gasteiger partial charge is 0.494 e. The van der Waals surface area contributed by atoms with E-state index >= 15 is 0 Å². The minimum atomic E-state index is -0.752. The van der Waals surface area contributed by atoms with Crippen molar-refractivity contribution in [2.24, 2.45) is 5.92 Å². The minimum Gasteiger partial charge on any atom is -0.494 e. The van der Waals surface area contributed by atoms with E-state index in [1.807, 2.05) is 79.2 Å². The zero-order valence-electron chi connectivity index (χ0n) is 25.9. The van der Waals surface area contributed by atoms with Crippen molar-refractivity contribution in [2.75, 3.05) is 26.2 Å². The van der Waals surface area contributed by atoms with Gasteiger partial charge >= 0.3 is 0 Å². The molecule has 0 fully saturated rings. The number of amides is 3. The zero-order valence-corrected chi connectivity index (χ0v) is 25.9. The summed E-state index contributed by atoms with van der Waals surface area (Å²) in [4.78, 5) is 55.7. The van der Waals surface area contributed by atoms with Crippen LogP contribution in [0.1, 0.15) is 42.9 Å². The molecule has 234 valence electrons. The van der Waals surface area contributed by atoms with Crippen molar-refractivity contribution in [3.8, 4) is 28.4 Å². The topological polar surface area (TPSA) is 131 Å². The average Bonchev–Trinajstić information content (AvgIpc) is 3.50. The third-order valence-corrected chi connectivity index (χ3v) is 7.47. The van der Waals surface area contributed by atoms with Crippen LogP contribution >= 0.6 is 0 Å². The minimum absolute atomic E-state index is 0.152. The summed E-state index contributed by atoms with van der Waals surface area (Å²) in [5, 5.41) is 5.85. The standard InChI is InChI=1S/C34H39N7O4/c1-23(2)19-29-33(43)36-14-17-40-16-13-35-32(40)26-11-7-12-27(20-26)45-18-8-15-41(22-30(42)39-29)34(44)28-21-37-24(3)38-31(28)25-9-5-4-6-10-25/h4-7,9-13,16,20-21,23,29H,8,14-15,17-19,22H2,1-3H3,(H,36,43)(H,39,42)/t29-/m1/s1. The van der Waals surface area contributed by atoms with Crippen LogP contribution < -0.4 is 15.4 Å². The second kappa shape index (κ2) is 14.6. The van der Waals surface area contributed by atoms with Gasteiger partial charge in [-0.2, -0.15) is 0 Å². The SMILES string of the molecule is Cc1ncc(C(=O)N2CCCOc3cccc(c3)-c3nccn3CCNC(=O)[C@@H](CC(C)C)NC(=O)C2)c(-c2ccccc2)n1. The third-order valence-electron chi connectivity index (χ3n) is 7.47. The van der Waals surface area contributed by atoms with Gasteiger partial charge in [0.05, 0.1) is 24.4 Å². The molecule has 0 saturated heterocycles. The number of aromatic nitrogens is 4. The molecular weight excluding hydrogens is 570 g/mol. The molecule has 1 aliphatic heterocycles. The molecule has 11 nitrogen and oxygen atoms in total. The number of fused-ring (bicyclic) bond motifs is 4. The number of nitrogens with one attached hydrogen (secondary N) is 2. The maximum atomic E-state index is 14.1. The average molecular weight is 610 g/mol. The summed E-state index contributed by atoms with van der Waals surface area (Å²) < 4.78 is 8.04. The van der Waals surface area contributed by atoms with Crippen LogP contribution in [0.4, 0.5) is 0 Å². The van der Waals surface area contributed by atoms with E-state index in [1.54, 1.807) is 13.1 Å². The molecule has 4 aromatic rings. The molecule has 0 aliphatic carbocycles. The van der Waals surface area contributed by atoms with Gasteiger partial charge in [0.15, 0.2) is 0 Å². The normalized spacial score (nSPS) is 16.5. The summed E-state index contributed by atoms with van der Waals surface area (Å²) in [5.41, 5.74) is 2.45. The van der Waals surface area contributed by atoms with E-state index in [-0.39, 0.29) is 30.8 Å². The number of imidazole rings is 1. The Hall–Kier alpha value is -5.06. The van der Waals surface area contributed by atoms with Gasteiger partial charge in [0.1, 0.15) is 23.4 Å². The molecular formula is C34H39N7O4. The fourth-order valence-electron chi connectivity index (χ4n) is 5.32. The summed E-state index contributed by atoms with van der Waals surface area (Å²) in [5.74, 6) is 1.03. The van der Waals surface area contributed by atoms with Crippen LogP contribution in [0.25, 0.3) is 22.6 Å². The number of benzene rings is 2. The van der Waals surface area contributed by atoms with Crippen LogP contribution in [0.5, 0.6) is 5.75 Å². The van der Waals surface area contributed by atoms with Crippen molar-refractivity contribution in [1.82, 2.24) is 35.1 Å². The van der Waals surface area contributed by atoms with E-state index in [2.05, 4.69) is 25.6 Å². The van der Waals surface area contributed by atoms with Crippen LogP contribution in [0, 0.1) is 12.8 Å². The predicted molar refractivity (Wildman–Crippen MR) is 170 cm³/mol. The van der Waals surface area contributed by atoms with E-state index in [4.69, 9.17) is 4.74 Å². The number of rotatable bonds is 4. The van der Waals surface area contributed by atoms with Gasteiger partial charge in [0.25, 0.3) is 5.91 Å². The Morgan fingerprint density at radius 1 is 1.04 bits per heavy atom. The Morgan fingerprint density at radius 3 is 2.64 bits per heavy atom. The highest BCUT2D eigenvalue weighted by Crippen LogP contribution is 2.24. The lowest BCUT2D eigenvalue weighted by Crippen LogP contribution is -2.51. The molecule has 2 N–H and O–H groups in total. The van der Waals surface area contributed by atoms with Crippen molar-refractivity contribution in [2.45, 2.75) is 46.2 Å².